The van der Waals surface area contributed by atoms with Gasteiger partial charge in [-0.15, -0.1) is 0 Å². The number of carboxylic acid groups (broad SMARTS) is 1. The van der Waals surface area contributed by atoms with Crippen LogP contribution in [0.25, 0.3) is 10.9 Å². The Balaban J connectivity index is 1.68. The summed E-state index contributed by atoms with van der Waals surface area (Å²) in [6.45, 7) is 2.67. The molecule has 2 N–H and O–H groups in total. The van der Waals surface area contributed by atoms with E-state index < -0.39 is 12.0 Å². The molecule has 0 aliphatic heterocycles. The van der Waals surface area contributed by atoms with Gasteiger partial charge in [-0.1, -0.05) is 37.3 Å². The van der Waals surface area contributed by atoms with Gasteiger partial charge in [-0.25, -0.2) is 9.18 Å². The molecule has 1 heterocycles. The molecule has 0 bridgehead atoms. The molecule has 28 heavy (non-hydrogen) atoms. The lowest BCUT2D eigenvalue weighted by atomic mass is 9.91. The molecule has 146 valence electrons. The molecule has 1 aliphatic rings. The first-order valence-corrected chi connectivity index (χ1v) is 9.89. The van der Waals surface area contributed by atoms with Crippen LogP contribution in [0.3, 0.4) is 0 Å². The van der Waals surface area contributed by atoms with Gasteiger partial charge in [0.1, 0.15) is 11.9 Å². The third-order valence-electron chi connectivity index (χ3n) is 5.78. The quantitative estimate of drug-likeness (QED) is 0.664. The molecule has 0 amide bonds. The Labute approximate surface area is 164 Å². The highest BCUT2D eigenvalue weighted by Gasteiger charge is 2.30. The SMILES string of the molecule is CCC(C(=O)O)n1c2c(c3cc(F)ccc31)CC(NCc1ccccc1)CC2. The van der Waals surface area contributed by atoms with Crippen LogP contribution < -0.4 is 5.32 Å². The molecule has 5 heteroatoms. The van der Waals surface area contributed by atoms with Gasteiger partial charge in [-0.2, -0.15) is 0 Å². The second-order valence-electron chi connectivity index (χ2n) is 7.53. The molecular weight excluding hydrogens is 355 g/mol. The Morgan fingerprint density at radius 1 is 1.29 bits per heavy atom. The van der Waals surface area contributed by atoms with E-state index in [9.17, 15) is 14.3 Å². The molecule has 0 radical (unpaired) electrons. The van der Waals surface area contributed by atoms with E-state index in [1.165, 1.54) is 11.6 Å². The largest absolute Gasteiger partial charge is 0.480 e. The van der Waals surface area contributed by atoms with Crippen LogP contribution in [-0.4, -0.2) is 21.7 Å². The number of rotatable bonds is 6. The summed E-state index contributed by atoms with van der Waals surface area (Å²) in [5, 5.41) is 14.2. The van der Waals surface area contributed by atoms with Crippen LogP contribution in [0.4, 0.5) is 4.39 Å². The first-order valence-electron chi connectivity index (χ1n) is 9.89. The van der Waals surface area contributed by atoms with Gasteiger partial charge in [-0.05, 0) is 55.0 Å². The molecule has 0 saturated carbocycles. The summed E-state index contributed by atoms with van der Waals surface area (Å²) in [4.78, 5) is 11.8. The summed E-state index contributed by atoms with van der Waals surface area (Å²) in [6, 6.07) is 14.6. The van der Waals surface area contributed by atoms with Crippen molar-refractivity contribution >= 4 is 16.9 Å². The summed E-state index contributed by atoms with van der Waals surface area (Å²) in [5.74, 6) is -1.12. The van der Waals surface area contributed by atoms with Crippen LogP contribution in [0.15, 0.2) is 48.5 Å². The third kappa shape index (κ3) is 3.42. The summed E-state index contributed by atoms with van der Waals surface area (Å²) >= 11 is 0. The van der Waals surface area contributed by atoms with Crippen molar-refractivity contribution in [3.05, 3.63) is 71.2 Å². The normalized spacial score (nSPS) is 17.4. The first-order chi connectivity index (χ1) is 13.6. The Morgan fingerprint density at radius 3 is 2.79 bits per heavy atom. The molecule has 0 spiro atoms. The van der Waals surface area contributed by atoms with Crippen molar-refractivity contribution < 1.29 is 14.3 Å². The minimum Gasteiger partial charge on any atom is -0.480 e. The van der Waals surface area contributed by atoms with Crippen LogP contribution >= 0.6 is 0 Å². The van der Waals surface area contributed by atoms with Gasteiger partial charge in [0.15, 0.2) is 0 Å². The highest BCUT2D eigenvalue weighted by atomic mass is 19.1. The van der Waals surface area contributed by atoms with Crippen LogP contribution in [0.5, 0.6) is 0 Å². The molecule has 0 saturated heterocycles. The van der Waals surface area contributed by atoms with Gasteiger partial charge in [0.25, 0.3) is 0 Å². The minimum atomic E-state index is -0.837. The van der Waals surface area contributed by atoms with Crippen LogP contribution in [-0.2, 0) is 24.2 Å². The van der Waals surface area contributed by atoms with Gasteiger partial charge >= 0.3 is 5.97 Å². The number of aliphatic carboxylic acids is 1. The topological polar surface area (TPSA) is 54.3 Å². The molecule has 4 rings (SSSR count). The van der Waals surface area contributed by atoms with Crippen molar-refractivity contribution in [2.24, 2.45) is 0 Å². The number of nitrogens with zero attached hydrogens (tertiary/aromatic N) is 1. The maximum absolute atomic E-state index is 14.0. The van der Waals surface area contributed by atoms with Gasteiger partial charge in [0.05, 0.1) is 0 Å². The number of halogens is 1. The van der Waals surface area contributed by atoms with Gasteiger partial charge in [0.2, 0.25) is 0 Å². The lowest BCUT2D eigenvalue weighted by Crippen LogP contribution is -2.34. The Hall–Kier alpha value is -2.66. The zero-order valence-corrected chi connectivity index (χ0v) is 16.0. The van der Waals surface area contributed by atoms with Crippen molar-refractivity contribution in [2.45, 2.75) is 51.2 Å². The molecule has 2 unspecified atom stereocenters. The molecular formula is C23H25FN2O2. The molecule has 2 aromatic carbocycles. The van der Waals surface area contributed by atoms with E-state index in [0.717, 1.165) is 48.0 Å². The number of aromatic nitrogens is 1. The zero-order valence-electron chi connectivity index (χ0n) is 16.0. The van der Waals surface area contributed by atoms with E-state index in [0.29, 0.717) is 12.5 Å². The lowest BCUT2D eigenvalue weighted by molar-refractivity contribution is -0.140. The van der Waals surface area contributed by atoms with E-state index in [1.807, 2.05) is 29.7 Å². The van der Waals surface area contributed by atoms with E-state index in [1.54, 1.807) is 12.1 Å². The highest BCUT2D eigenvalue weighted by molar-refractivity contribution is 5.88. The molecule has 3 aromatic rings. The van der Waals surface area contributed by atoms with Crippen molar-refractivity contribution in [1.29, 1.82) is 0 Å². The minimum absolute atomic E-state index is 0.282. The number of hydrogen-bond donors (Lipinski definition) is 2. The predicted octanol–water partition coefficient (Wildman–Crippen LogP) is 4.46. The molecule has 1 aliphatic carbocycles. The lowest BCUT2D eigenvalue weighted by Gasteiger charge is -2.26. The average Bonchev–Trinajstić information content (AvgIpc) is 3.01. The van der Waals surface area contributed by atoms with Crippen LogP contribution in [0.2, 0.25) is 0 Å². The number of nitrogens with one attached hydrogen (secondary N) is 1. The van der Waals surface area contributed by atoms with Crippen molar-refractivity contribution in [3.8, 4) is 0 Å². The number of carbonyl (C=O) groups is 1. The van der Waals surface area contributed by atoms with Crippen LogP contribution in [0.1, 0.15) is 42.6 Å². The van der Waals surface area contributed by atoms with Crippen molar-refractivity contribution in [3.63, 3.8) is 0 Å². The van der Waals surface area contributed by atoms with Gasteiger partial charge in [0, 0.05) is 29.2 Å². The fraction of sp³-hybridized carbons (Fsp3) is 0.348. The zero-order chi connectivity index (χ0) is 19.7. The molecule has 1 aromatic heterocycles. The number of benzene rings is 2. The van der Waals surface area contributed by atoms with E-state index >= 15 is 0 Å². The first kappa shape index (κ1) is 18.7. The number of carboxylic acids is 1. The predicted molar refractivity (Wildman–Crippen MR) is 108 cm³/mol. The third-order valence-corrected chi connectivity index (χ3v) is 5.78. The smallest absolute Gasteiger partial charge is 0.326 e. The van der Waals surface area contributed by atoms with Gasteiger partial charge < -0.3 is 15.0 Å². The molecule has 4 nitrogen and oxygen atoms in total. The standard InChI is InChI=1S/C23H25FN2O2/c1-2-20(23(27)28)26-21-10-8-16(24)12-18(21)19-13-17(9-11-22(19)26)25-14-15-6-4-3-5-7-15/h3-8,10,12,17,20,25H,2,9,11,13-14H2,1H3,(H,27,28). The maximum Gasteiger partial charge on any atom is 0.326 e. The van der Waals surface area contributed by atoms with Crippen molar-refractivity contribution in [1.82, 2.24) is 9.88 Å². The fourth-order valence-corrected chi connectivity index (χ4v) is 4.42. The second-order valence-corrected chi connectivity index (χ2v) is 7.53. The van der Waals surface area contributed by atoms with Crippen molar-refractivity contribution in [2.75, 3.05) is 0 Å². The molecule has 0 fully saturated rings. The van der Waals surface area contributed by atoms with Crippen LogP contribution in [0, 0.1) is 5.82 Å². The van der Waals surface area contributed by atoms with Gasteiger partial charge in [-0.3, -0.25) is 0 Å². The average molecular weight is 380 g/mol. The summed E-state index contributed by atoms with van der Waals surface area (Å²) in [6.07, 6.45) is 3.01. The Morgan fingerprint density at radius 2 is 2.07 bits per heavy atom. The summed E-state index contributed by atoms with van der Waals surface area (Å²) in [5.41, 5.74) is 4.20. The number of fused-ring (bicyclic) bond motifs is 3. The number of hydrogen-bond acceptors (Lipinski definition) is 2. The summed E-state index contributed by atoms with van der Waals surface area (Å²) in [7, 11) is 0. The monoisotopic (exact) mass is 380 g/mol. The Kier molecular flexibility index (Phi) is 5.18. The van der Waals surface area contributed by atoms with E-state index in [4.69, 9.17) is 0 Å². The van der Waals surface area contributed by atoms with E-state index in [-0.39, 0.29) is 5.82 Å². The fourth-order valence-electron chi connectivity index (χ4n) is 4.42. The Bertz CT molecular complexity index is 997. The molecule has 2 atom stereocenters. The maximum atomic E-state index is 14.0. The second kappa shape index (κ2) is 7.76. The highest BCUT2D eigenvalue weighted by Crippen LogP contribution is 2.36. The summed E-state index contributed by atoms with van der Waals surface area (Å²) < 4.78 is 15.9. The van der Waals surface area contributed by atoms with E-state index in [2.05, 4.69) is 17.4 Å².